The molecule has 2 aromatic rings. The molecule has 0 unspecified atom stereocenters. The summed E-state index contributed by atoms with van der Waals surface area (Å²) in [5, 5.41) is 0. The van der Waals surface area contributed by atoms with Crippen LogP contribution in [-0.2, 0) is 12.0 Å². The molecule has 0 fully saturated rings. The first kappa shape index (κ1) is 15.8. The van der Waals surface area contributed by atoms with Crippen LogP contribution in [0.4, 0.5) is 5.82 Å². The predicted molar refractivity (Wildman–Crippen MR) is 93.4 cm³/mol. The van der Waals surface area contributed by atoms with E-state index in [9.17, 15) is 0 Å². The monoisotopic (exact) mass is 347 g/mol. The fourth-order valence-corrected chi connectivity index (χ4v) is 2.60. The van der Waals surface area contributed by atoms with Crippen molar-refractivity contribution in [3.63, 3.8) is 0 Å². The Kier molecular flexibility index (Phi) is 4.28. The number of allylic oxidation sites excluding steroid dienone is 1. The van der Waals surface area contributed by atoms with Gasteiger partial charge in [0.25, 0.3) is 0 Å². The van der Waals surface area contributed by atoms with E-state index in [0.717, 1.165) is 21.6 Å². The zero-order chi connectivity index (χ0) is 15.8. The molecule has 21 heavy (non-hydrogen) atoms. The van der Waals surface area contributed by atoms with Crippen LogP contribution >= 0.6 is 15.9 Å². The molecule has 0 saturated carbocycles. The maximum Gasteiger partial charge on any atom is 0.132 e. The van der Waals surface area contributed by atoms with Crippen LogP contribution in [-0.4, -0.2) is 9.55 Å². The molecule has 2 rings (SSSR count). The number of hydrogen-bond acceptors (Lipinski definition) is 2. The summed E-state index contributed by atoms with van der Waals surface area (Å²) in [6.45, 7) is 13.0. The molecule has 0 saturated heterocycles. The molecule has 0 amide bonds. The lowest BCUT2D eigenvalue weighted by molar-refractivity contribution is 0.515. The second-order valence-electron chi connectivity index (χ2n) is 6.28. The van der Waals surface area contributed by atoms with E-state index in [4.69, 9.17) is 10.7 Å². The molecule has 112 valence electrons. The lowest BCUT2D eigenvalue weighted by Gasteiger charge is -2.19. The molecule has 0 aliphatic carbocycles. The van der Waals surface area contributed by atoms with Crippen molar-refractivity contribution in [3.05, 3.63) is 46.7 Å². The highest BCUT2D eigenvalue weighted by Crippen LogP contribution is 2.33. The zero-order valence-electron chi connectivity index (χ0n) is 13.1. The molecule has 0 aliphatic rings. The Bertz CT molecular complexity index is 678. The van der Waals surface area contributed by atoms with Crippen molar-refractivity contribution in [2.75, 3.05) is 5.73 Å². The van der Waals surface area contributed by atoms with Crippen LogP contribution in [0.25, 0.3) is 11.3 Å². The van der Waals surface area contributed by atoms with Gasteiger partial charge in [-0.3, -0.25) is 0 Å². The van der Waals surface area contributed by atoms with Gasteiger partial charge in [-0.05, 0) is 24.6 Å². The number of aryl methyl sites for hydroxylation is 1. The van der Waals surface area contributed by atoms with E-state index >= 15 is 0 Å². The second-order valence-corrected chi connectivity index (χ2v) is 7.14. The molecule has 4 heteroatoms. The molecule has 1 aromatic heterocycles. The highest BCUT2D eigenvalue weighted by Gasteiger charge is 2.25. The standard InChI is InChI=1S/C17H22BrN3/c1-6-9-21-15(19)14(20-16(21)17(3,4)5)12-7-8-13(18)11(2)10-12/h6-8,10H,1,9,19H2,2-5H3. The maximum atomic E-state index is 6.35. The Morgan fingerprint density at radius 2 is 2.05 bits per heavy atom. The van der Waals surface area contributed by atoms with E-state index in [0.29, 0.717) is 12.4 Å². The molecule has 3 nitrogen and oxygen atoms in total. The molecule has 1 aromatic carbocycles. The summed E-state index contributed by atoms with van der Waals surface area (Å²) in [7, 11) is 0. The normalized spacial score (nSPS) is 11.7. The summed E-state index contributed by atoms with van der Waals surface area (Å²) >= 11 is 3.53. The number of nitrogens with two attached hydrogens (primary N) is 1. The average Bonchev–Trinajstić information content (AvgIpc) is 2.71. The van der Waals surface area contributed by atoms with Gasteiger partial charge in [-0.15, -0.1) is 6.58 Å². The van der Waals surface area contributed by atoms with Crippen molar-refractivity contribution in [2.24, 2.45) is 0 Å². The summed E-state index contributed by atoms with van der Waals surface area (Å²) in [5.41, 5.74) is 9.34. The molecule has 0 spiro atoms. The van der Waals surface area contributed by atoms with E-state index in [1.54, 1.807) is 0 Å². The van der Waals surface area contributed by atoms with Crippen molar-refractivity contribution in [2.45, 2.75) is 39.7 Å². The van der Waals surface area contributed by atoms with Crippen molar-refractivity contribution in [3.8, 4) is 11.3 Å². The van der Waals surface area contributed by atoms with Gasteiger partial charge in [0.2, 0.25) is 0 Å². The van der Waals surface area contributed by atoms with Crippen LogP contribution in [0.5, 0.6) is 0 Å². The van der Waals surface area contributed by atoms with Crippen molar-refractivity contribution >= 4 is 21.7 Å². The second kappa shape index (κ2) is 5.68. The molecular formula is C17H22BrN3. The van der Waals surface area contributed by atoms with Crippen LogP contribution in [0.15, 0.2) is 35.3 Å². The summed E-state index contributed by atoms with van der Waals surface area (Å²) in [4.78, 5) is 4.82. The maximum absolute atomic E-state index is 6.35. The quantitative estimate of drug-likeness (QED) is 0.818. The topological polar surface area (TPSA) is 43.8 Å². The van der Waals surface area contributed by atoms with Gasteiger partial charge in [0.15, 0.2) is 0 Å². The number of nitrogens with zero attached hydrogens (tertiary/aromatic N) is 2. The Morgan fingerprint density at radius 1 is 1.38 bits per heavy atom. The first-order valence-corrected chi connectivity index (χ1v) is 7.79. The number of halogens is 1. The lowest BCUT2D eigenvalue weighted by Crippen LogP contribution is -2.19. The molecular weight excluding hydrogens is 326 g/mol. The van der Waals surface area contributed by atoms with Crippen molar-refractivity contribution in [1.29, 1.82) is 0 Å². The first-order valence-electron chi connectivity index (χ1n) is 6.99. The van der Waals surface area contributed by atoms with Crippen molar-refractivity contribution < 1.29 is 0 Å². The summed E-state index contributed by atoms with van der Waals surface area (Å²) in [5.74, 6) is 1.68. The number of imidazole rings is 1. The summed E-state index contributed by atoms with van der Waals surface area (Å²) in [6, 6.07) is 6.18. The Hall–Kier alpha value is -1.55. The Morgan fingerprint density at radius 3 is 2.57 bits per heavy atom. The molecule has 0 radical (unpaired) electrons. The Balaban J connectivity index is 2.64. The van der Waals surface area contributed by atoms with Crippen LogP contribution in [0.3, 0.4) is 0 Å². The number of benzene rings is 1. The fourth-order valence-electron chi connectivity index (χ4n) is 2.36. The predicted octanol–water partition coefficient (Wildman–Crippen LogP) is 4.69. The minimum Gasteiger partial charge on any atom is -0.383 e. The Labute approximate surface area is 135 Å². The van der Waals surface area contributed by atoms with Crippen LogP contribution in [0.1, 0.15) is 32.2 Å². The highest BCUT2D eigenvalue weighted by molar-refractivity contribution is 9.10. The first-order chi connectivity index (χ1) is 9.75. The summed E-state index contributed by atoms with van der Waals surface area (Å²) < 4.78 is 3.13. The van der Waals surface area contributed by atoms with Crippen LogP contribution < -0.4 is 5.73 Å². The third-order valence-corrected chi connectivity index (χ3v) is 4.31. The van der Waals surface area contributed by atoms with Gasteiger partial charge in [-0.2, -0.15) is 0 Å². The molecule has 0 bridgehead atoms. The van der Waals surface area contributed by atoms with Crippen LogP contribution in [0, 0.1) is 6.92 Å². The van der Waals surface area contributed by atoms with Gasteiger partial charge >= 0.3 is 0 Å². The highest BCUT2D eigenvalue weighted by atomic mass is 79.9. The number of rotatable bonds is 3. The largest absolute Gasteiger partial charge is 0.383 e. The SMILES string of the molecule is C=CCn1c(C(C)(C)C)nc(-c2ccc(Br)c(C)c2)c1N. The minimum absolute atomic E-state index is 0.0697. The van der Waals surface area contributed by atoms with Crippen LogP contribution in [0.2, 0.25) is 0 Å². The van der Waals surface area contributed by atoms with E-state index in [-0.39, 0.29) is 5.41 Å². The number of aromatic nitrogens is 2. The molecule has 0 atom stereocenters. The zero-order valence-corrected chi connectivity index (χ0v) is 14.7. The van der Waals surface area contributed by atoms with E-state index in [1.165, 1.54) is 5.56 Å². The van der Waals surface area contributed by atoms with Gasteiger partial charge in [-0.1, -0.05) is 48.8 Å². The van der Waals surface area contributed by atoms with Crippen molar-refractivity contribution in [1.82, 2.24) is 9.55 Å². The smallest absolute Gasteiger partial charge is 0.132 e. The van der Waals surface area contributed by atoms with Gasteiger partial charge in [-0.25, -0.2) is 4.98 Å². The molecule has 0 aliphatic heterocycles. The third kappa shape index (κ3) is 3.05. The van der Waals surface area contributed by atoms with Gasteiger partial charge < -0.3 is 10.3 Å². The summed E-state index contributed by atoms with van der Waals surface area (Å²) in [6.07, 6.45) is 1.85. The molecule has 1 heterocycles. The number of hydrogen-bond donors (Lipinski definition) is 1. The fraction of sp³-hybridized carbons (Fsp3) is 0.353. The third-order valence-electron chi connectivity index (χ3n) is 3.42. The number of anilines is 1. The average molecular weight is 348 g/mol. The van der Waals surface area contributed by atoms with Gasteiger partial charge in [0, 0.05) is 22.0 Å². The van der Waals surface area contributed by atoms with Gasteiger partial charge in [0.1, 0.15) is 17.3 Å². The molecule has 2 N–H and O–H groups in total. The lowest BCUT2D eigenvalue weighted by atomic mass is 9.95. The van der Waals surface area contributed by atoms with E-state index in [1.807, 2.05) is 22.8 Å². The number of nitrogen functional groups attached to an aromatic ring is 1. The van der Waals surface area contributed by atoms with E-state index < -0.39 is 0 Å². The minimum atomic E-state index is -0.0697. The van der Waals surface area contributed by atoms with E-state index in [2.05, 4.69) is 56.3 Å². The van der Waals surface area contributed by atoms with Gasteiger partial charge in [0.05, 0.1) is 0 Å².